The minimum absolute atomic E-state index is 0. The lowest BCUT2D eigenvalue weighted by Crippen LogP contribution is -2.28. The third-order valence-corrected chi connectivity index (χ3v) is 6.87. The average molecular weight is 618 g/mol. The fraction of sp³-hybridized carbons (Fsp3) is 0.250. The molecule has 0 spiro atoms. The smallest absolute Gasteiger partial charge is 0.439 e. The van der Waals surface area contributed by atoms with Crippen LogP contribution < -0.4 is 16.1 Å². The van der Waals surface area contributed by atoms with Crippen LogP contribution in [0.25, 0.3) is 28.2 Å². The van der Waals surface area contributed by atoms with E-state index in [2.05, 4.69) is 17.1 Å². The van der Waals surface area contributed by atoms with Gasteiger partial charge in [-0.25, -0.2) is 9.78 Å². The number of benzene rings is 3. The zero-order valence-electron chi connectivity index (χ0n) is 23.3. The highest BCUT2D eigenvalue weighted by Gasteiger charge is 2.17. The van der Waals surface area contributed by atoms with Crippen LogP contribution in [0.3, 0.4) is 0 Å². The van der Waals surface area contributed by atoms with Gasteiger partial charge in [-0.1, -0.05) is 67.0 Å². The Morgan fingerprint density at radius 1 is 0.927 bits per heavy atom. The molecule has 212 valence electrons. The van der Waals surface area contributed by atoms with Crippen molar-refractivity contribution >= 4 is 17.0 Å². The summed E-state index contributed by atoms with van der Waals surface area (Å²) in [5.74, 6) is 1.22. The first-order chi connectivity index (χ1) is 19.5. The Morgan fingerprint density at radius 2 is 1.63 bits per heavy atom. The van der Waals surface area contributed by atoms with Gasteiger partial charge in [-0.05, 0) is 67.6 Å². The number of hydrogen-bond donors (Lipinski definition) is 1. The van der Waals surface area contributed by atoms with E-state index in [1.807, 2.05) is 86.6 Å². The second-order valence-electron chi connectivity index (χ2n) is 9.62. The van der Waals surface area contributed by atoms with Crippen molar-refractivity contribution in [3.63, 3.8) is 0 Å². The van der Waals surface area contributed by atoms with E-state index in [1.54, 1.807) is 4.57 Å². The summed E-state index contributed by atoms with van der Waals surface area (Å²) in [4.78, 5) is 33.0. The normalized spacial score (nSPS) is 10.8. The summed E-state index contributed by atoms with van der Waals surface area (Å²) in [7, 11) is 0. The third-order valence-electron chi connectivity index (χ3n) is 6.87. The zero-order valence-corrected chi connectivity index (χ0v) is 25.1. The van der Waals surface area contributed by atoms with E-state index in [9.17, 15) is 9.59 Å². The number of nitrogens with zero attached hydrogens (tertiary/aromatic N) is 3. The van der Waals surface area contributed by atoms with Crippen LogP contribution in [0.15, 0.2) is 86.9 Å². The van der Waals surface area contributed by atoms with Crippen LogP contribution in [0.2, 0.25) is 0 Å². The second kappa shape index (κ2) is 13.4. The topological polar surface area (TPSA) is 103 Å². The molecular weight excluding hydrogens is 584 g/mol. The third kappa shape index (κ3) is 6.57. The molecule has 2 heterocycles. The van der Waals surface area contributed by atoms with Gasteiger partial charge in [0.05, 0.1) is 18.0 Å². The lowest BCUT2D eigenvalue weighted by Gasteiger charge is -2.16. The van der Waals surface area contributed by atoms with Gasteiger partial charge in [-0.3, -0.25) is 18.9 Å². The zero-order chi connectivity index (χ0) is 28.1. The van der Waals surface area contributed by atoms with Crippen molar-refractivity contribution < 1.29 is 9.26 Å². The van der Waals surface area contributed by atoms with Crippen LogP contribution >= 0.6 is 17.0 Å². The van der Waals surface area contributed by atoms with Crippen LogP contribution in [0.1, 0.15) is 49.3 Å². The first-order valence-electron chi connectivity index (χ1n) is 13.6. The number of ether oxygens (including phenoxy) is 1. The molecule has 0 aliphatic rings. The predicted octanol–water partition coefficient (Wildman–Crippen LogP) is 6.46. The fourth-order valence-corrected chi connectivity index (χ4v) is 4.90. The van der Waals surface area contributed by atoms with Crippen molar-refractivity contribution in [2.45, 2.75) is 46.5 Å². The molecule has 0 radical (unpaired) electrons. The van der Waals surface area contributed by atoms with E-state index in [4.69, 9.17) is 14.2 Å². The van der Waals surface area contributed by atoms with Gasteiger partial charge in [-0.2, -0.15) is 0 Å². The average Bonchev–Trinajstić information content (AvgIpc) is 3.41. The molecule has 1 N–H and O–H groups in total. The molecule has 5 rings (SSSR count). The molecule has 5 aromatic rings. The van der Waals surface area contributed by atoms with Crippen molar-refractivity contribution in [2.24, 2.45) is 0 Å². The molecule has 0 aliphatic carbocycles. The molecule has 0 amide bonds. The maximum atomic E-state index is 13.9. The summed E-state index contributed by atoms with van der Waals surface area (Å²) >= 11 is 0. The Kier molecular flexibility index (Phi) is 9.73. The van der Waals surface area contributed by atoms with Gasteiger partial charge in [0, 0.05) is 17.5 Å². The van der Waals surface area contributed by atoms with Gasteiger partial charge in [0.25, 0.3) is 5.56 Å². The predicted molar refractivity (Wildman–Crippen MR) is 165 cm³/mol. The highest BCUT2D eigenvalue weighted by atomic mass is 79.9. The SMILES string of the molecule is Br.CCCCc1nc(C)n(-c2ccc(OCC)cc2)c(=O)c1Cc1ccc(-c2ccccc2-c2noc(=O)[nH]2)cc1. The lowest BCUT2D eigenvalue weighted by molar-refractivity contribution is 0.340. The molecule has 0 atom stereocenters. The van der Waals surface area contributed by atoms with E-state index < -0.39 is 5.76 Å². The number of halogens is 1. The molecule has 0 fully saturated rings. The molecule has 2 aromatic heterocycles. The molecule has 0 saturated heterocycles. The minimum Gasteiger partial charge on any atom is -0.494 e. The highest BCUT2D eigenvalue weighted by molar-refractivity contribution is 8.93. The molecule has 0 aliphatic heterocycles. The highest BCUT2D eigenvalue weighted by Crippen LogP contribution is 2.30. The molecule has 8 nitrogen and oxygen atoms in total. The largest absolute Gasteiger partial charge is 0.494 e. The van der Waals surface area contributed by atoms with Gasteiger partial charge >= 0.3 is 5.76 Å². The maximum absolute atomic E-state index is 13.9. The summed E-state index contributed by atoms with van der Waals surface area (Å²) in [5.41, 5.74) is 5.93. The Hall–Kier alpha value is -4.24. The van der Waals surface area contributed by atoms with Gasteiger partial charge in [0.15, 0.2) is 5.82 Å². The van der Waals surface area contributed by atoms with Crippen LogP contribution in [-0.2, 0) is 12.8 Å². The summed E-state index contributed by atoms with van der Waals surface area (Å²) in [6, 6.07) is 23.3. The van der Waals surface area contributed by atoms with E-state index in [-0.39, 0.29) is 22.5 Å². The first kappa shape index (κ1) is 29.7. The van der Waals surface area contributed by atoms with Gasteiger partial charge in [0.1, 0.15) is 11.6 Å². The van der Waals surface area contributed by atoms with E-state index in [0.29, 0.717) is 30.2 Å². The number of H-pyrrole nitrogens is 1. The number of hydrogen-bond acceptors (Lipinski definition) is 6. The molecule has 9 heteroatoms. The molecule has 0 saturated carbocycles. The first-order valence-corrected chi connectivity index (χ1v) is 13.6. The summed E-state index contributed by atoms with van der Waals surface area (Å²) in [6.45, 7) is 6.54. The van der Waals surface area contributed by atoms with Crippen molar-refractivity contribution in [1.82, 2.24) is 19.7 Å². The van der Waals surface area contributed by atoms with Crippen molar-refractivity contribution in [2.75, 3.05) is 6.61 Å². The number of unbranched alkanes of at least 4 members (excludes halogenated alkanes) is 1. The van der Waals surface area contributed by atoms with Gasteiger partial charge in [0.2, 0.25) is 0 Å². The van der Waals surface area contributed by atoms with Gasteiger partial charge < -0.3 is 4.74 Å². The summed E-state index contributed by atoms with van der Waals surface area (Å²) in [5, 5.41) is 3.85. The lowest BCUT2D eigenvalue weighted by atomic mass is 9.96. The van der Waals surface area contributed by atoms with Crippen LogP contribution in [0, 0.1) is 6.92 Å². The quantitative estimate of drug-likeness (QED) is 0.193. The Bertz CT molecular complexity index is 1720. The number of aryl methyl sites for hydroxylation is 2. The fourth-order valence-electron chi connectivity index (χ4n) is 4.90. The van der Waals surface area contributed by atoms with E-state index in [1.165, 1.54) is 0 Å². The molecule has 3 aromatic carbocycles. The van der Waals surface area contributed by atoms with Crippen molar-refractivity contribution in [3.8, 4) is 34.0 Å². The number of nitrogens with one attached hydrogen (secondary N) is 1. The Balaban J connectivity index is 0.00000387. The Morgan fingerprint density at radius 3 is 2.27 bits per heavy atom. The minimum atomic E-state index is -0.596. The van der Waals surface area contributed by atoms with E-state index in [0.717, 1.165) is 58.6 Å². The number of aromatic nitrogens is 4. The van der Waals surface area contributed by atoms with Crippen molar-refractivity contribution in [3.05, 3.63) is 116 Å². The summed E-state index contributed by atoms with van der Waals surface area (Å²) < 4.78 is 12.0. The standard InChI is InChI=1S/C32H32N4O4.BrH/c1-4-6-11-29-28(31(37)36(21(3)33-29)24-16-18-25(19-17-24)39-5-2)20-22-12-14-23(15-13-22)26-9-7-8-10-27(26)30-34-32(38)40-35-30;/h7-10,12-19H,4-6,11,20H2,1-3H3,(H,34,35,38);1H. The van der Waals surface area contributed by atoms with Crippen LogP contribution in [0.4, 0.5) is 0 Å². The van der Waals surface area contributed by atoms with Crippen LogP contribution in [-0.4, -0.2) is 26.3 Å². The molecular formula is C32H33BrN4O4. The molecule has 0 bridgehead atoms. The molecule has 41 heavy (non-hydrogen) atoms. The Labute approximate surface area is 248 Å². The van der Waals surface area contributed by atoms with Gasteiger partial charge in [-0.15, -0.1) is 17.0 Å². The maximum Gasteiger partial charge on any atom is 0.439 e. The molecule has 0 unspecified atom stereocenters. The second-order valence-corrected chi connectivity index (χ2v) is 9.62. The number of rotatable bonds is 10. The summed E-state index contributed by atoms with van der Waals surface area (Å²) in [6.07, 6.45) is 3.22. The van der Waals surface area contributed by atoms with Crippen LogP contribution in [0.5, 0.6) is 5.75 Å². The van der Waals surface area contributed by atoms with E-state index >= 15 is 0 Å². The number of aromatic amines is 1. The van der Waals surface area contributed by atoms with Crippen molar-refractivity contribution in [1.29, 1.82) is 0 Å². The monoisotopic (exact) mass is 616 g/mol.